The Hall–Kier alpha value is -3.67. The zero-order valence-electron chi connectivity index (χ0n) is 17.3. The quantitative estimate of drug-likeness (QED) is 0.477. The Kier molecular flexibility index (Phi) is 5.35. The maximum Gasteiger partial charge on any atom is 0.224 e. The number of aromatic nitrogens is 3. The fraction of sp³-hybridized carbons (Fsp3) is 0.240. The number of fused-ring (bicyclic) bond motifs is 1. The number of aryl methyl sites for hydroxylation is 3. The SMILES string of the molecule is O=C(CCc1ncc(-c2ccccc2)o1)Nc1cccc(-c2cn3c(n2)CCCC3)c1. The molecular weight excluding hydrogens is 388 g/mol. The number of carbonyl (C=O) groups excluding carboxylic acids is 1. The fourth-order valence-electron chi connectivity index (χ4n) is 3.91. The highest BCUT2D eigenvalue weighted by atomic mass is 16.4. The molecule has 156 valence electrons. The Balaban J connectivity index is 1.21. The number of rotatable bonds is 6. The van der Waals surface area contributed by atoms with Crippen molar-refractivity contribution in [2.24, 2.45) is 0 Å². The van der Waals surface area contributed by atoms with Crippen LogP contribution in [0.3, 0.4) is 0 Å². The Morgan fingerprint density at radius 3 is 2.81 bits per heavy atom. The highest BCUT2D eigenvalue weighted by molar-refractivity contribution is 5.91. The molecule has 2 aromatic carbocycles. The number of amides is 1. The number of hydrogen-bond acceptors (Lipinski definition) is 4. The summed E-state index contributed by atoms with van der Waals surface area (Å²) in [5.74, 6) is 2.36. The van der Waals surface area contributed by atoms with Gasteiger partial charge < -0.3 is 14.3 Å². The first-order valence-corrected chi connectivity index (χ1v) is 10.7. The molecule has 1 aliphatic rings. The van der Waals surface area contributed by atoms with Crippen LogP contribution in [-0.4, -0.2) is 20.4 Å². The molecule has 0 radical (unpaired) electrons. The maximum atomic E-state index is 12.5. The van der Waals surface area contributed by atoms with E-state index < -0.39 is 0 Å². The molecule has 0 unspecified atom stereocenters. The average molecular weight is 412 g/mol. The van der Waals surface area contributed by atoms with Gasteiger partial charge in [-0.3, -0.25) is 4.79 Å². The first-order valence-electron chi connectivity index (χ1n) is 10.7. The van der Waals surface area contributed by atoms with Gasteiger partial charge in [0.15, 0.2) is 11.7 Å². The molecule has 0 saturated heterocycles. The Labute approximate surface area is 181 Å². The minimum absolute atomic E-state index is 0.0688. The molecule has 3 heterocycles. The van der Waals surface area contributed by atoms with Crippen molar-refractivity contribution < 1.29 is 9.21 Å². The van der Waals surface area contributed by atoms with Crippen molar-refractivity contribution >= 4 is 11.6 Å². The van der Waals surface area contributed by atoms with Crippen LogP contribution in [0.4, 0.5) is 5.69 Å². The number of oxazole rings is 1. The van der Waals surface area contributed by atoms with Crippen molar-refractivity contribution in [1.82, 2.24) is 14.5 Å². The number of nitrogens with one attached hydrogen (secondary N) is 1. The van der Waals surface area contributed by atoms with Crippen LogP contribution < -0.4 is 5.32 Å². The number of hydrogen-bond donors (Lipinski definition) is 1. The topological polar surface area (TPSA) is 73.0 Å². The average Bonchev–Trinajstić information content (AvgIpc) is 3.46. The van der Waals surface area contributed by atoms with Gasteiger partial charge in [-0.2, -0.15) is 0 Å². The summed E-state index contributed by atoms with van der Waals surface area (Å²) >= 11 is 0. The Morgan fingerprint density at radius 2 is 1.94 bits per heavy atom. The van der Waals surface area contributed by atoms with E-state index in [1.165, 1.54) is 12.8 Å². The van der Waals surface area contributed by atoms with E-state index in [0.29, 0.717) is 24.5 Å². The summed E-state index contributed by atoms with van der Waals surface area (Å²) in [6, 6.07) is 17.7. The molecule has 6 nitrogen and oxygen atoms in total. The summed E-state index contributed by atoms with van der Waals surface area (Å²) in [6.45, 7) is 1.03. The first-order chi connectivity index (χ1) is 15.2. The van der Waals surface area contributed by atoms with E-state index in [2.05, 4.69) is 21.1 Å². The lowest BCUT2D eigenvalue weighted by atomic mass is 10.1. The van der Waals surface area contributed by atoms with Gasteiger partial charge in [0.25, 0.3) is 0 Å². The lowest BCUT2D eigenvalue weighted by molar-refractivity contribution is -0.116. The molecule has 0 saturated carbocycles. The lowest BCUT2D eigenvalue weighted by Gasteiger charge is -2.11. The van der Waals surface area contributed by atoms with Crippen LogP contribution >= 0.6 is 0 Å². The predicted octanol–water partition coefficient (Wildman–Crippen LogP) is 5.11. The number of imidazole rings is 1. The number of anilines is 1. The molecule has 0 bridgehead atoms. The smallest absolute Gasteiger partial charge is 0.224 e. The van der Waals surface area contributed by atoms with Crippen LogP contribution in [-0.2, 0) is 24.2 Å². The second kappa shape index (κ2) is 8.60. The highest BCUT2D eigenvalue weighted by Gasteiger charge is 2.14. The van der Waals surface area contributed by atoms with Crippen LogP contribution in [0.5, 0.6) is 0 Å². The fourth-order valence-corrected chi connectivity index (χ4v) is 3.91. The molecule has 5 rings (SSSR count). The first kappa shape index (κ1) is 19.3. The van der Waals surface area contributed by atoms with Crippen molar-refractivity contribution in [2.45, 2.75) is 38.6 Å². The largest absolute Gasteiger partial charge is 0.441 e. The number of nitrogens with zero attached hydrogens (tertiary/aromatic N) is 3. The van der Waals surface area contributed by atoms with Gasteiger partial charge in [0.1, 0.15) is 5.82 Å². The molecule has 0 aliphatic carbocycles. The van der Waals surface area contributed by atoms with E-state index in [-0.39, 0.29) is 5.91 Å². The van der Waals surface area contributed by atoms with E-state index >= 15 is 0 Å². The van der Waals surface area contributed by atoms with Crippen molar-refractivity contribution in [3.05, 3.63) is 78.7 Å². The number of benzene rings is 2. The van der Waals surface area contributed by atoms with Crippen molar-refractivity contribution in [1.29, 1.82) is 0 Å². The van der Waals surface area contributed by atoms with Gasteiger partial charge in [0.05, 0.1) is 11.9 Å². The third kappa shape index (κ3) is 4.43. The lowest BCUT2D eigenvalue weighted by Crippen LogP contribution is -2.12. The van der Waals surface area contributed by atoms with Crippen LogP contribution in [0.1, 0.15) is 31.0 Å². The molecule has 1 amide bonds. The summed E-state index contributed by atoms with van der Waals surface area (Å²) in [5.41, 5.74) is 3.72. The summed E-state index contributed by atoms with van der Waals surface area (Å²) in [4.78, 5) is 21.5. The second-order valence-electron chi connectivity index (χ2n) is 7.81. The molecule has 0 fully saturated rings. The highest BCUT2D eigenvalue weighted by Crippen LogP contribution is 2.25. The maximum absolute atomic E-state index is 12.5. The summed E-state index contributed by atoms with van der Waals surface area (Å²) in [6.07, 6.45) is 8.01. The molecule has 1 N–H and O–H groups in total. The van der Waals surface area contributed by atoms with Gasteiger partial charge in [-0.25, -0.2) is 9.97 Å². The number of carbonyl (C=O) groups is 1. The summed E-state index contributed by atoms with van der Waals surface area (Å²) in [5, 5.41) is 2.98. The van der Waals surface area contributed by atoms with E-state index in [9.17, 15) is 4.79 Å². The molecule has 2 aromatic heterocycles. The molecule has 31 heavy (non-hydrogen) atoms. The third-order valence-electron chi connectivity index (χ3n) is 5.53. The van der Waals surface area contributed by atoms with E-state index in [1.807, 2.05) is 54.6 Å². The van der Waals surface area contributed by atoms with Crippen LogP contribution in [0.2, 0.25) is 0 Å². The zero-order valence-corrected chi connectivity index (χ0v) is 17.3. The van der Waals surface area contributed by atoms with Gasteiger partial charge in [0, 0.05) is 48.8 Å². The molecule has 0 spiro atoms. The standard InChI is InChI=1S/C25H24N4O2/c30-24(12-13-25-26-16-22(31-25)18-7-2-1-3-8-18)27-20-10-6-9-19(15-20)21-17-29-14-5-4-11-23(29)28-21/h1-3,6-10,15-17H,4-5,11-14H2,(H,27,30). The summed E-state index contributed by atoms with van der Waals surface area (Å²) < 4.78 is 8.03. The van der Waals surface area contributed by atoms with Crippen LogP contribution in [0.25, 0.3) is 22.6 Å². The van der Waals surface area contributed by atoms with E-state index in [4.69, 9.17) is 9.40 Å². The van der Waals surface area contributed by atoms with Gasteiger partial charge in [-0.05, 0) is 25.0 Å². The van der Waals surface area contributed by atoms with Gasteiger partial charge in [0.2, 0.25) is 5.91 Å². The minimum Gasteiger partial charge on any atom is -0.441 e. The van der Waals surface area contributed by atoms with Crippen molar-refractivity contribution in [3.63, 3.8) is 0 Å². The molecule has 4 aromatic rings. The zero-order chi connectivity index (χ0) is 21.0. The van der Waals surface area contributed by atoms with Crippen LogP contribution in [0.15, 0.2) is 71.4 Å². The van der Waals surface area contributed by atoms with Gasteiger partial charge in [-0.1, -0.05) is 42.5 Å². The van der Waals surface area contributed by atoms with E-state index in [0.717, 1.165) is 41.3 Å². The van der Waals surface area contributed by atoms with E-state index in [1.54, 1.807) is 6.20 Å². The molecule has 0 atom stereocenters. The normalized spacial score (nSPS) is 13.0. The van der Waals surface area contributed by atoms with Crippen LogP contribution in [0, 0.1) is 0 Å². The van der Waals surface area contributed by atoms with Crippen molar-refractivity contribution in [2.75, 3.05) is 5.32 Å². The molecular formula is C25H24N4O2. The Bertz CT molecular complexity index is 1170. The molecule has 1 aliphatic heterocycles. The second-order valence-corrected chi connectivity index (χ2v) is 7.81. The third-order valence-corrected chi connectivity index (χ3v) is 5.53. The monoisotopic (exact) mass is 412 g/mol. The minimum atomic E-state index is -0.0688. The van der Waals surface area contributed by atoms with Gasteiger partial charge in [-0.15, -0.1) is 0 Å². The predicted molar refractivity (Wildman–Crippen MR) is 119 cm³/mol. The Morgan fingerprint density at radius 1 is 1.06 bits per heavy atom. The van der Waals surface area contributed by atoms with Gasteiger partial charge >= 0.3 is 0 Å². The summed E-state index contributed by atoms with van der Waals surface area (Å²) in [7, 11) is 0. The molecule has 6 heteroatoms. The van der Waals surface area contributed by atoms with Crippen molar-refractivity contribution in [3.8, 4) is 22.6 Å².